The Morgan fingerprint density at radius 3 is 2.71 bits per heavy atom. The van der Waals surface area contributed by atoms with Crippen LogP contribution in [0.1, 0.15) is 12.0 Å². The molecule has 0 aliphatic carbocycles. The summed E-state index contributed by atoms with van der Waals surface area (Å²) in [5.74, 6) is 0.755. The fraction of sp³-hybridized carbons (Fsp3) is 0.571. The van der Waals surface area contributed by atoms with Gasteiger partial charge in [0.2, 0.25) is 6.79 Å². The maximum atomic E-state index is 12.4. The summed E-state index contributed by atoms with van der Waals surface area (Å²) in [7, 11) is 0. The van der Waals surface area contributed by atoms with Crippen molar-refractivity contribution in [1.82, 2.24) is 10.2 Å². The molecule has 1 atom stereocenters. The summed E-state index contributed by atoms with van der Waals surface area (Å²) in [6, 6.07) is 2.71. The van der Waals surface area contributed by atoms with E-state index in [4.69, 9.17) is 9.47 Å². The summed E-state index contributed by atoms with van der Waals surface area (Å²) < 4.78 is 47.5. The standard InChI is InChI=1S/C14H16F3N3O4/c15-14(16,17)7-19-2-1-10(6-19)18-5-9-3-12-13(24-8-23-12)4-11(9)20(21)22/h3-4,10,18H,1-2,5-8H2/t10-/m1/s1. The van der Waals surface area contributed by atoms with Crippen molar-refractivity contribution in [3.05, 3.63) is 27.8 Å². The van der Waals surface area contributed by atoms with Crippen molar-refractivity contribution in [2.45, 2.75) is 25.2 Å². The minimum absolute atomic E-state index is 0.0123. The molecule has 10 heteroatoms. The van der Waals surface area contributed by atoms with Gasteiger partial charge in [-0.3, -0.25) is 15.0 Å². The molecule has 132 valence electrons. The van der Waals surface area contributed by atoms with Gasteiger partial charge in [0.1, 0.15) is 0 Å². The third-order valence-electron chi connectivity index (χ3n) is 4.03. The van der Waals surface area contributed by atoms with Crippen LogP contribution in [0.25, 0.3) is 0 Å². The van der Waals surface area contributed by atoms with Gasteiger partial charge in [-0.25, -0.2) is 0 Å². The van der Waals surface area contributed by atoms with Crippen molar-refractivity contribution in [2.75, 3.05) is 26.4 Å². The first-order chi connectivity index (χ1) is 11.3. The average molecular weight is 347 g/mol. The Hall–Kier alpha value is -2.07. The highest BCUT2D eigenvalue weighted by Gasteiger charge is 2.34. The zero-order valence-corrected chi connectivity index (χ0v) is 12.6. The van der Waals surface area contributed by atoms with Crippen molar-refractivity contribution in [3.63, 3.8) is 0 Å². The molecular formula is C14H16F3N3O4. The Balaban J connectivity index is 1.62. The Morgan fingerprint density at radius 2 is 2.04 bits per heavy atom. The van der Waals surface area contributed by atoms with Crippen LogP contribution in [-0.2, 0) is 6.54 Å². The summed E-state index contributed by atoms with van der Waals surface area (Å²) in [5.41, 5.74) is 0.315. The number of halogens is 3. The molecular weight excluding hydrogens is 331 g/mol. The van der Waals surface area contributed by atoms with Gasteiger partial charge >= 0.3 is 6.18 Å². The fourth-order valence-electron chi connectivity index (χ4n) is 2.94. The first-order valence-electron chi connectivity index (χ1n) is 7.41. The third-order valence-corrected chi connectivity index (χ3v) is 4.03. The number of nitrogens with zero attached hydrogens (tertiary/aromatic N) is 2. The summed E-state index contributed by atoms with van der Waals surface area (Å²) in [6.07, 6.45) is -3.65. The van der Waals surface area contributed by atoms with Crippen molar-refractivity contribution in [1.29, 1.82) is 0 Å². The number of rotatable bonds is 5. The van der Waals surface area contributed by atoms with Gasteiger partial charge in [0.25, 0.3) is 5.69 Å². The molecule has 0 bridgehead atoms. The summed E-state index contributed by atoms with van der Waals surface area (Å²) >= 11 is 0. The second-order valence-electron chi connectivity index (χ2n) is 5.81. The Bertz CT molecular complexity index is 638. The Morgan fingerprint density at radius 1 is 1.33 bits per heavy atom. The largest absolute Gasteiger partial charge is 0.454 e. The molecule has 1 N–H and O–H groups in total. The molecule has 0 saturated carbocycles. The summed E-state index contributed by atoms with van der Waals surface area (Å²) in [4.78, 5) is 12.0. The van der Waals surface area contributed by atoms with Gasteiger partial charge in [-0.2, -0.15) is 13.2 Å². The first-order valence-corrected chi connectivity index (χ1v) is 7.41. The lowest BCUT2D eigenvalue weighted by molar-refractivity contribution is -0.385. The molecule has 24 heavy (non-hydrogen) atoms. The van der Waals surface area contributed by atoms with Crippen LogP contribution >= 0.6 is 0 Å². The number of nitrogens with one attached hydrogen (secondary N) is 1. The number of fused-ring (bicyclic) bond motifs is 1. The van der Waals surface area contributed by atoms with E-state index in [2.05, 4.69) is 5.32 Å². The number of ether oxygens (including phenoxy) is 2. The highest BCUT2D eigenvalue weighted by molar-refractivity contribution is 5.55. The van der Waals surface area contributed by atoms with Crippen molar-refractivity contribution >= 4 is 5.69 Å². The van der Waals surface area contributed by atoms with Gasteiger partial charge in [0.05, 0.1) is 17.5 Å². The van der Waals surface area contributed by atoms with E-state index in [0.717, 1.165) is 0 Å². The van der Waals surface area contributed by atoms with E-state index in [1.54, 1.807) is 0 Å². The smallest absolute Gasteiger partial charge is 0.401 e. The second-order valence-corrected chi connectivity index (χ2v) is 5.81. The molecule has 2 aliphatic rings. The van der Waals surface area contributed by atoms with E-state index in [-0.39, 0.29) is 31.6 Å². The molecule has 0 radical (unpaired) electrons. The molecule has 0 amide bonds. The van der Waals surface area contributed by atoms with Gasteiger partial charge in [-0.05, 0) is 12.5 Å². The van der Waals surface area contributed by atoms with Crippen molar-refractivity contribution < 1.29 is 27.6 Å². The maximum Gasteiger partial charge on any atom is 0.401 e. The Labute approximate surface area is 135 Å². The van der Waals surface area contributed by atoms with Crippen LogP contribution in [0, 0.1) is 10.1 Å². The second kappa shape index (κ2) is 6.44. The highest BCUT2D eigenvalue weighted by Crippen LogP contribution is 2.38. The number of nitro groups is 1. The molecule has 1 aromatic carbocycles. The number of hydrogen-bond donors (Lipinski definition) is 1. The van der Waals surface area contributed by atoms with E-state index < -0.39 is 17.6 Å². The average Bonchev–Trinajstić information content (AvgIpc) is 3.10. The van der Waals surface area contributed by atoms with E-state index in [1.807, 2.05) is 0 Å². The third kappa shape index (κ3) is 3.88. The van der Waals surface area contributed by atoms with Crippen molar-refractivity contribution in [3.8, 4) is 11.5 Å². The predicted octanol–water partition coefficient (Wildman–Crippen LogP) is 2.05. The molecule has 1 saturated heterocycles. The van der Waals surface area contributed by atoms with E-state index >= 15 is 0 Å². The predicted molar refractivity (Wildman–Crippen MR) is 77.0 cm³/mol. The monoisotopic (exact) mass is 347 g/mol. The van der Waals surface area contributed by atoms with E-state index in [9.17, 15) is 23.3 Å². The molecule has 7 nitrogen and oxygen atoms in total. The minimum Gasteiger partial charge on any atom is -0.454 e. The molecule has 3 rings (SSSR count). The molecule has 2 aliphatic heterocycles. The molecule has 0 aromatic heterocycles. The van der Waals surface area contributed by atoms with Gasteiger partial charge in [-0.1, -0.05) is 0 Å². The van der Waals surface area contributed by atoms with Gasteiger partial charge in [-0.15, -0.1) is 0 Å². The molecule has 0 spiro atoms. The van der Waals surface area contributed by atoms with E-state index in [0.29, 0.717) is 30.0 Å². The zero-order chi connectivity index (χ0) is 17.3. The van der Waals surface area contributed by atoms with Crippen LogP contribution in [-0.4, -0.2) is 48.5 Å². The number of nitro benzene ring substituents is 1. The fourth-order valence-corrected chi connectivity index (χ4v) is 2.94. The maximum absolute atomic E-state index is 12.4. The number of alkyl halides is 3. The number of hydrogen-bond acceptors (Lipinski definition) is 6. The molecule has 1 fully saturated rings. The first kappa shape index (κ1) is 16.8. The van der Waals surface area contributed by atoms with Gasteiger partial charge in [0.15, 0.2) is 11.5 Å². The van der Waals surface area contributed by atoms with E-state index in [1.165, 1.54) is 17.0 Å². The van der Waals surface area contributed by atoms with Crippen LogP contribution in [0.5, 0.6) is 11.5 Å². The molecule has 1 aromatic rings. The summed E-state index contributed by atoms with van der Waals surface area (Å²) in [6.45, 7) is -0.135. The summed E-state index contributed by atoms with van der Waals surface area (Å²) in [5, 5.41) is 14.3. The van der Waals surface area contributed by atoms with Crippen LogP contribution in [0.3, 0.4) is 0 Å². The quantitative estimate of drug-likeness (QED) is 0.649. The lowest BCUT2D eigenvalue weighted by atomic mass is 10.1. The molecule has 0 unspecified atom stereocenters. The van der Waals surface area contributed by atoms with Crippen LogP contribution in [0.15, 0.2) is 12.1 Å². The highest BCUT2D eigenvalue weighted by atomic mass is 19.4. The Kier molecular flexibility index (Phi) is 4.50. The minimum atomic E-state index is -4.22. The number of likely N-dealkylation sites (tertiary alicyclic amines) is 1. The normalized spacial score (nSPS) is 20.5. The zero-order valence-electron chi connectivity index (χ0n) is 12.6. The lowest BCUT2D eigenvalue weighted by Crippen LogP contribution is -2.36. The van der Waals surface area contributed by atoms with Crippen LogP contribution in [0.2, 0.25) is 0 Å². The van der Waals surface area contributed by atoms with Gasteiger partial charge < -0.3 is 14.8 Å². The number of benzene rings is 1. The van der Waals surface area contributed by atoms with Crippen LogP contribution < -0.4 is 14.8 Å². The topological polar surface area (TPSA) is 76.9 Å². The lowest BCUT2D eigenvalue weighted by Gasteiger charge is -2.18. The van der Waals surface area contributed by atoms with Crippen LogP contribution in [0.4, 0.5) is 18.9 Å². The molecule has 2 heterocycles. The van der Waals surface area contributed by atoms with Crippen molar-refractivity contribution in [2.24, 2.45) is 0 Å². The van der Waals surface area contributed by atoms with Gasteiger partial charge in [0, 0.05) is 31.2 Å². The SMILES string of the molecule is O=[N+]([O-])c1cc2c(cc1CN[C@@H]1CCN(CC(F)(F)F)C1)OCO2.